The van der Waals surface area contributed by atoms with Crippen molar-refractivity contribution in [3.63, 3.8) is 0 Å². The summed E-state index contributed by atoms with van der Waals surface area (Å²) in [6.07, 6.45) is 18.9. The van der Waals surface area contributed by atoms with Crippen LogP contribution in [0.3, 0.4) is 0 Å². The van der Waals surface area contributed by atoms with Gasteiger partial charge in [-0.15, -0.1) is 0 Å². The normalized spacial score (nSPS) is 10.9. The summed E-state index contributed by atoms with van der Waals surface area (Å²) in [5.74, 6) is 0.189. The van der Waals surface area contributed by atoms with Crippen molar-refractivity contribution in [2.75, 3.05) is 99.5 Å². The number of methoxy groups -OCH3 is 14. The van der Waals surface area contributed by atoms with E-state index in [1.165, 1.54) is 89.9 Å². The summed E-state index contributed by atoms with van der Waals surface area (Å²) in [6, 6.07) is 0. The summed E-state index contributed by atoms with van der Waals surface area (Å²) >= 11 is 0. The van der Waals surface area contributed by atoms with Crippen LogP contribution in [0.25, 0.3) is 0 Å². The van der Waals surface area contributed by atoms with E-state index in [9.17, 15) is 0 Å². The number of ether oxygens (including phenoxy) is 14. The fraction of sp³-hybridized carbons (Fsp3) is 1.00. The molecule has 0 aliphatic rings. The molecule has 0 rings (SSSR count). The predicted molar refractivity (Wildman–Crippen MR) is 247 cm³/mol. The summed E-state index contributed by atoms with van der Waals surface area (Å²) in [5.41, 5.74) is 0. The molecule has 0 amide bonds. The van der Waals surface area contributed by atoms with E-state index in [0.29, 0.717) is 5.92 Å². The van der Waals surface area contributed by atoms with Gasteiger partial charge in [0.1, 0.15) is 0 Å². The van der Waals surface area contributed by atoms with Gasteiger partial charge in [0.25, 0.3) is 0 Å². The molecule has 0 fully saturated rings. The van der Waals surface area contributed by atoms with Gasteiger partial charge >= 0.3 is 0 Å². The van der Waals surface area contributed by atoms with Gasteiger partial charge in [0, 0.05) is 112 Å². The van der Waals surface area contributed by atoms with Crippen LogP contribution in [0, 0.1) is 5.92 Å². The molecule has 0 N–H and O–H groups in total. The maximum absolute atomic E-state index is 6.02. The van der Waals surface area contributed by atoms with E-state index >= 15 is 0 Å². The lowest BCUT2D eigenvalue weighted by Crippen LogP contribution is -2.42. The highest BCUT2D eigenvalue weighted by molar-refractivity contribution is 4.80. The average molecular weight is 883 g/mol. The number of unbranched alkanes of at least 4 members (excludes halogenated alkanes) is 9. The second-order valence-corrected chi connectivity index (χ2v) is 13.7. The first-order valence-electron chi connectivity index (χ1n) is 22.0. The van der Waals surface area contributed by atoms with Crippen LogP contribution in [0.4, 0.5) is 0 Å². The molecule has 0 heterocycles. The van der Waals surface area contributed by atoms with Crippen molar-refractivity contribution >= 4 is 0 Å². The zero-order valence-electron chi connectivity index (χ0n) is 43.9. The quantitative estimate of drug-likeness (QED) is 0.0501. The molecule has 0 aromatic carbocycles. The maximum atomic E-state index is 6.02. The Morgan fingerprint density at radius 2 is 0.483 bits per heavy atom. The van der Waals surface area contributed by atoms with E-state index in [1.54, 1.807) is 85.3 Å². The molecule has 0 radical (unpaired) electrons. The molecular formula is C46H106O14. The van der Waals surface area contributed by atoms with E-state index in [0.717, 1.165) is 6.42 Å². The van der Waals surface area contributed by atoms with E-state index in [1.807, 2.05) is 55.8 Å². The largest absolute Gasteiger partial charge is 0.356 e. The lowest BCUT2D eigenvalue weighted by atomic mass is 9.84. The summed E-state index contributed by atoms with van der Waals surface area (Å²) < 4.78 is 68.2. The first-order valence-corrected chi connectivity index (χ1v) is 22.0. The smallest absolute Gasteiger partial charge is 0.170 e. The molecule has 0 aliphatic carbocycles. The van der Waals surface area contributed by atoms with Crippen LogP contribution in [-0.2, 0) is 66.3 Å². The average Bonchev–Trinajstić information content (AvgIpc) is 3.30. The molecule has 0 aromatic rings. The Balaban J connectivity index is -0.000000127. The molecule has 14 heteroatoms. The topological polar surface area (TPSA) is 129 Å². The third-order valence-corrected chi connectivity index (χ3v) is 9.49. The molecule has 0 saturated carbocycles. The van der Waals surface area contributed by atoms with Gasteiger partial charge in [-0.1, -0.05) is 91.4 Å². The van der Waals surface area contributed by atoms with Gasteiger partial charge in [-0.05, 0) is 60.8 Å². The van der Waals surface area contributed by atoms with Crippen LogP contribution < -0.4 is 0 Å². The second-order valence-electron chi connectivity index (χ2n) is 13.7. The molecule has 14 nitrogen and oxygen atoms in total. The van der Waals surface area contributed by atoms with Crippen LogP contribution in [0.5, 0.6) is 0 Å². The molecule has 0 bridgehead atoms. The lowest BCUT2D eigenvalue weighted by molar-refractivity contribution is -0.247. The highest BCUT2D eigenvalue weighted by atomic mass is 16.7. The van der Waals surface area contributed by atoms with Crippen molar-refractivity contribution in [3.8, 4) is 0 Å². The van der Waals surface area contributed by atoms with Crippen molar-refractivity contribution in [2.45, 2.75) is 202 Å². The highest BCUT2D eigenvalue weighted by Gasteiger charge is 2.37. The molecule has 0 aliphatic heterocycles. The van der Waals surface area contributed by atoms with Crippen molar-refractivity contribution in [3.05, 3.63) is 0 Å². The highest BCUT2D eigenvalue weighted by Crippen LogP contribution is 2.36. The Kier molecular flexibility index (Phi) is 77.2. The first-order chi connectivity index (χ1) is 28.5. The summed E-state index contributed by atoms with van der Waals surface area (Å²) in [7, 11) is 23.0. The fourth-order valence-electron chi connectivity index (χ4n) is 4.42. The summed E-state index contributed by atoms with van der Waals surface area (Å²) in [5, 5.41) is 0. The third-order valence-electron chi connectivity index (χ3n) is 9.49. The third kappa shape index (κ3) is 61.7. The van der Waals surface area contributed by atoms with E-state index in [4.69, 9.17) is 9.47 Å². The molecule has 0 unspecified atom stereocenters. The maximum Gasteiger partial charge on any atom is 0.170 e. The molecule has 0 atom stereocenters. The van der Waals surface area contributed by atoms with Gasteiger partial charge in [-0.2, -0.15) is 0 Å². The standard InChI is InChI=1S/C22H46O2.6C4H10O2/c1-6-9-12-15-18-21(19-16-13-10-7-2)22(23-4,24-5)20-17-14-11-8-3;6*1-4(5-2)6-3/h21H,6-20H2,1-5H3;6*4H,1-3H3. The Hall–Kier alpha value is -0.560. The lowest BCUT2D eigenvalue weighted by Gasteiger charge is -2.39. The Bertz CT molecular complexity index is 578. The number of hydrogen-bond donors (Lipinski definition) is 0. The molecule has 60 heavy (non-hydrogen) atoms. The SMILES string of the molecule is CCCCCCC(CCCCCC)C(CCCCCC)(OC)OC.COC(C)OC.COC(C)OC.COC(C)OC.COC(C)OC.COC(C)OC.COC(C)OC. The molecule has 0 saturated heterocycles. The fourth-order valence-corrected chi connectivity index (χ4v) is 4.42. The Morgan fingerprint density at radius 1 is 0.283 bits per heavy atom. The molecule has 0 spiro atoms. The van der Waals surface area contributed by atoms with Crippen molar-refractivity contribution in [2.24, 2.45) is 5.92 Å². The van der Waals surface area contributed by atoms with Gasteiger partial charge in [0.2, 0.25) is 0 Å². The van der Waals surface area contributed by atoms with Crippen LogP contribution >= 0.6 is 0 Å². The minimum atomic E-state index is -0.355. The summed E-state index contributed by atoms with van der Waals surface area (Å²) in [4.78, 5) is 0. The number of hydrogen-bond acceptors (Lipinski definition) is 14. The minimum Gasteiger partial charge on any atom is -0.356 e. The van der Waals surface area contributed by atoms with Gasteiger partial charge in [0.15, 0.2) is 43.5 Å². The van der Waals surface area contributed by atoms with Gasteiger partial charge in [-0.3, -0.25) is 0 Å². The molecule has 0 aromatic heterocycles. The van der Waals surface area contributed by atoms with Gasteiger partial charge in [0.05, 0.1) is 0 Å². The number of rotatable bonds is 30. The second kappa shape index (κ2) is 62.7. The van der Waals surface area contributed by atoms with E-state index < -0.39 is 0 Å². The van der Waals surface area contributed by atoms with Crippen molar-refractivity contribution in [1.82, 2.24) is 0 Å². The minimum absolute atomic E-state index is 0.0648. The monoisotopic (exact) mass is 883 g/mol. The van der Waals surface area contributed by atoms with E-state index in [-0.39, 0.29) is 43.5 Å². The van der Waals surface area contributed by atoms with Gasteiger partial charge < -0.3 is 66.3 Å². The molecule has 374 valence electrons. The first kappa shape index (κ1) is 73.8. The Morgan fingerprint density at radius 3 is 0.633 bits per heavy atom. The predicted octanol–water partition coefficient (Wildman–Crippen LogP) is 11.3. The van der Waals surface area contributed by atoms with Crippen LogP contribution in [-0.4, -0.2) is 143 Å². The summed E-state index contributed by atoms with van der Waals surface area (Å²) in [6.45, 7) is 17.8. The zero-order chi connectivity index (χ0) is 48.0. The zero-order valence-corrected chi connectivity index (χ0v) is 43.9. The van der Waals surface area contributed by atoms with Crippen molar-refractivity contribution in [1.29, 1.82) is 0 Å². The van der Waals surface area contributed by atoms with Gasteiger partial charge in [-0.25, -0.2) is 0 Å². The Labute approximate surface area is 373 Å². The van der Waals surface area contributed by atoms with E-state index in [2.05, 4.69) is 77.6 Å². The van der Waals surface area contributed by atoms with Crippen LogP contribution in [0.15, 0.2) is 0 Å². The van der Waals surface area contributed by atoms with Crippen LogP contribution in [0.2, 0.25) is 0 Å². The van der Waals surface area contributed by atoms with Crippen LogP contribution in [0.1, 0.15) is 159 Å². The molecular weight excluding hydrogens is 776 g/mol. The van der Waals surface area contributed by atoms with Crippen molar-refractivity contribution < 1.29 is 66.3 Å².